The monoisotopic (exact) mass is 320 g/mol. The summed E-state index contributed by atoms with van der Waals surface area (Å²) in [5, 5.41) is 0.137. The molecule has 0 bridgehead atoms. The summed E-state index contributed by atoms with van der Waals surface area (Å²) in [4.78, 5) is -0.302. The average Bonchev–Trinajstić information content (AvgIpc) is 2.35. The molecule has 0 unspecified atom stereocenters. The summed E-state index contributed by atoms with van der Waals surface area (Å²) in [6, 6.07) is 8.81. The van der Waals surface area contributed by atoms with Gasteiger partial charge < -0.3 is 4.18 Å². The zero-order chi connectivity index (χ0) is 14.0. The Morgan fingerprint density at radius 2 is 1.74 bits per heavy atom. The van der Waals surface area contributed by atoms with Crippen molar-refractivity contribution in [1.82, 2.24) is 0 Å². The Labute approximate surface area is 119 Å². The smallest absolute Gasteiger partial charge is 0.339 e. The lowest BCUT2D eigenvalue weighted by Crippen LogP contribution is -2.10. The van der Waals surface area contributed by atoms with Crippen LogP contribution in [0, 0.1) is 5.82 Å². The third-order valence-corrected chi connectivity index (χ3v) is 4.23. The molecule has 2 aromatic carbocycles. The highest BCUT2D eigenvalue weighted by Gasteiger charge is 2.19. The van der Waals surface area contributed by atoms with E-state index < -0.39 is 15.9 Å². The van der Waals surface area contributed by atoms with E-state index in [9.17, 15) is 12.8 Å². The number of hydrogen-bond acceptors (Lipinski definition) is 3. The van der Waals surface area contributed by atoms with Crippen molar-refractivity contribution in [3.8, 4) is 5.75 Å². The zero-order valence-electron chi connectivity index (χ0n) is 9.31. The lowest BCUT2D eigenvalue weighted by atomic mass is 10.3. The second kappa shape index (κ2) is 5.36. The highest BCUT2D eigenvalue weighted by Crippen LogP contribution is 2.33. The average molecular weight is 321 g/mol. The van der Waals surface area contributed by atoms with Gasteiger partial charge in [0.25, 0.3) is 0 Å². The van der Waals surface area contributed by atoms with E-state index in [0.29, 0.717) is 0 Å². The van der Waals surface area contributed by atoms with Crippen molar-refractivity contribution >= 4 is 33.3 Å². The highest BCUT2D eigenvalue weighted by atomic mass is 35.5. The number of halogens is 3. The van der Waals surface area contributed by atoms with E-state index in [2.05, 4.69) is 0 Å². The summed E-state index contributed by atoms with van der Waals surface area (Å²) >= 11 is 11.6. The molecule has 0 heterocycles. The van der Waals surface area contributed by atoms with Crippen LogP contribution in [0.5, 0.6) is 5.75 Å². The predicted octanol–water partition coefficient (Wildman–Crippen LogP) is 3.90. The van der Waals surface area contributed by atoms with Crippen molar-refractivity contribution < 1.29 is 17.0 Å². The molecule has 19 heavy (non-hydrogen) atoms. The third kappa shape index (κ3) is 3.18. The Morgan fingerprint density at radius 3 is 2.42 bits per heavy atom. The van der Waals surface area contributed by atoms with Crippen LogP contribution < -0.4 is 4.18 Å². The summed E-state index contributed by atoms with van der Waals surface area (Å²) in [5.74, 6) is -0.791. The highest BCUT2D eigenvalue weighted by molar-refractivity contribution is 7.87. The molecule has 0 aliphatic carbocycles. The van der Waals surface area contributed by atoms with Gasteiger partial charge in [-0.1, -0.05) is 35.3 Å². The van der Waals surface area contributed by atoms with Crippen LogP contribution in [-0.4, -0.2) is 8.42 Å². The molecule has 0 amide bonds. The Balaban J connectivity index is 2.39. The van der Waals surface area contributed by atoms with Crippen LogP contribution in [0.25, 0.3) is 0 Å². The fraction of sp³-hybridized carbons (Fsp3) is 0. The first-order valence-corrected chi connectivity index (χ1v) is 7.20. The van der Waals surface area contributed by atoms with Gasteiger partial charge in [0.1, 0.15) is 15.7 Å². The fourth-order valence-electron chi connectivity index (χ4n) is 1.34. The summed E-state index contributed by atoms with van der Waals surface area (Å²) in [7, 11) is -4.16. The van der Waals surface area contributed by atoms with Crippen LogP contribution in [-0.2, 0) is 10.1 Å². The van der Waals surface area contributed by atoms with Crippen LogP contribution in [0.4, 0.5) is 4.39 Å². The van der Waals surface area contributed by atoms with E-state index in [-0.39, 0.29) is 20.7 Å². The van der Waals surface area contributed by atoms with E-state index in [0.717, 1.165) is 12.1 Å². The minimum Gasteiger partial charge on any atom is -0.377 e. The largest absolute Gasteiger partial charge is 0.377 e. The summed E-state index contributed by atoms with van der Waals surface area (Å²) in [5.41, 5.74) is 0. The second-order valence-corrected chi connectivity index (χ2v) is 5.88. The van der Waals surface area contributed by atoms with Crippen molar-refractivity contribution in [3.63, 3.8) is 0 Å². The Kier molecular flexibility index (Phi) is 3.99. The maximum absolute atomic E-state index is 13.0. The maximum atomic E-state index is 13.0. The van der Waals surface area contributed by atoms with Gasteiger partial charge in [-0.25, -0.2) is 4.39 Å². The first-order valence-electron chi connectivity index (χ1n) is 5.04. The molecule has 100 valence electrons. The van der Waals surface area contributed by atoms with Crippen LogP contribution in [0.15, 0.2) is 47.4 Å². The van der Waals surface area contributed by atoms with Crippen LogP contribution in [0.3, 0.4) is 0 Å². The number of rotatable bonds is 3. The molecular weight excluding hydrogens is 314 g/mol. The molecule has 0 spiro atoms. The Morgan fingerprint density at radius 1 is 1.05 bits per heavy atom. The molecule has 2 rings (SSSR count). The predicted molar refractivity (Wildman–Crippen MR) is 70.7 cm³/mol. The van der Waals surface area contributed by atoms with Gasteiger partial charge in [0.05, 0.1) is 5.02 Å². The minimum atomic E-state index is -4.16. The van der Waals surface area contributed by atoms with Gasteiger partial charge in [0.2, 0.25) is 0 Å². The van der Waals surface area contributed by atoms with E-state index in [1.54, 1.807) is 0 Å². The first kappa shape index (κ1) is 14.1. The third-order valence-electron chi connectivity index (χ3n) is 2.20. The molecule has 0 aromatic heterocycles. The van der Waals surface area contributed by atoms with Gasteiger partial charge in [-0.3, -0.25) is 0 Å². The fourth-order valence-corrected chi connectivity index (χ4v) is 2.69. The molecule has 0 aliphatic rings. The zero-order valence-corrected chi connectivity index (χ0v) is 11.6. The molecule has 0 fully saturated rings. The summed E-state index contributed by atoms with van der Waals surface area (Å²) < 4.78 is 41.7. The van der Waals surface area contributed by atoms with Crippen molar-refractivity contribution in [2.75, 3.05) is 0 Å². The van der Waals surface area contributed by atoms with E-state index in [1.165, 1.54) is 30.3 Å². The van der Waals surface area contributed by atoms with Gasteiger partial charge in [0, 0.05) is 0 Å². The van der Waals surface area contributed by atoms with Crippen LogP contribution >= 0.6 is 23.2 Å². The molecule has 7 heteroatoms. The minimum absolute atomic E-state index is 0.0239. The molecule has 3 nitrogen and oxygen atoms in total. The normalized spacial score (nSPS) is 11.3. The Hall–Kier alpha value is -1.30. The van der Waals surface area contributed by atoms with Gasteiger partial charge in [-0.15, -0.1) is 0 Å². The number of benzene rings is 2. The SMILES string of the molecule is O=S(=O)(Oc1cccc(Cl)c1Cl)c1cccc(F)c1. The van der Waals surface area contributed by atoms with Gasteiger partial charge in [-0.05, 0) is 30.3 Å². The standard InChI is InChI=1S/C12H7Cl2FO3S/c13-10-5-2-6-11(12(10)14)18-19(16,17)9-4-1-3-8(15)7-9/h1-7H. The van der Waals surface area contributed by atoms with Crippen LogP contribution in [0.2, 0.25) is 10.0 Å². The molecule has 2 aromatic rings. The van der Waals surface area contributed by atoms with E-state index in [4.69, 9.17) is 27.4 Å². The van der Waals surface area contributed by atoms with Crippen molar-refractivity contribution in [1.29, 1.82) is 0 Å². The molecule has 0 saturated carbocycles. The number of hydrogen-bond donors (Lipinski definition) is 0. The molecule has 0 N–H and O–H groups in total. The lowest BCUT2D eigenvalue weighted by molar-refractivity contribution is 0.485. The van der Waals surface area contributed by atoms with E-state index >= 15 is 0 Å². The van der Waals surface area contributed by atoms with Gasteiger partial charge in [-0.2, -0.15) is 8.42 Å². The summed E-state index contributed by atoms with van der Waals surface area (Å²) in [6.45, 7) is 0. The van der Waals surface area contributed by atoms with Crippen LogP contribution in [0.1, 0.15) is 0 Å². The summed E-state index contributed by atoms with van der Waals surface area (Å²) in [6.07, 6.45) is 0. The molecule has 0 aliphatic heterocycles. The molecule has 0 atom stereocenters. The first-order chi connectivity index (χ1) is 8.90. The van der Waals surface area contributed by atoms with Gasteiger partial charge in [0.15, 0.2) is 5.75 Å². The van der Waals surface area contributed by atoms with Crippen molar-refractivity contribution in [2.24, 2.45) is 0 Å². The van der Waals surface area contributed by atoms with E-state index in [1.807, 2.05) is 0 Å². The second-order valence-electron chi connectivity index (χ2n) is 3.55. The van der Waals surface area contributed by atoms with Crippen molar-refractivity contribution in [3.05, 3.63) is 58.3 Å². The molecular formula is C12H7Cl2FO3S. The quantitative estimate of drug-likeness (QED) is 0.805. The van der Waals surface area contributed by atoms with Gasteiger partial charge >= 0.3 is 10.1 Å². The molecule has 0 radical (unpaired) electrons. The maximum Gasteiger partial charge on any atom is 0.339 e. The topological polar surface area (TPSA) is 43.4 Å². The molecule has 0 saturated heterocycles. The Bertz CT molecular complexity index is 717. The van der Waals surface area contributed by atoms with Crippen molar-refractivity contribution in [2.45, 2.75) is 4.90 Å². The lowest BCUT2D eigenvalue weighted by Gasteiger charge is -2.09.